The Morgan fingerprint density at radius 2 is 1.81 bits per heavy atom. The van der Waals surface area contributed by atoms with E-state index in [4.69, 9.17) is 14.6 Å². The van der Waals surface area contributed by atoms with Gasteiger partial charge in [0.25, 0.3) is 5.91 Å². The lowest BCUT2D eigenvalue weighted by Gasteiger charge is -2.33. The topological polar surface area (TPSA) is 57.6 Å². The second-order valence-electron chi connectivity index (χ2n) is 8.51. The van der Waals surface area contributed by atoms with Crippen LogP contribution in [0.15, 0.2) is 47.6 Å². The van der Waals surface area contributed by atoms with Crippen LogP contribution in [0.25, 0.3) is 0 Å². The van der Waals surface area contributed by atoms with Crippen molar-refractivity contribution in [2.45, 2.75) is 19.4 Å². The van der Waals surface area contributed by atoms with Crippen LogP contribution in [0.2, 0.25) is 0 Å². The van der Waals surface area contributed by atoms with Gasteiger partial charge in [-0.3, -0.25) is 9.69 Å². The van der Waals surface area contributed by atoms with Gasteiger partial charge in [0.2, 0.25) is 0 Å². The molecule has 2 aromatic carbocycles. The van der Waals surface area contributed by atoms with Crippen LogP contribution in [0.4, 0.5) is 0 Å². The average Bonchev–Trinajstić information content (AvgIpc) is 3.25. The van der Waals surface area contributed by atoms with E-state index < -0.39 is 0 Å². The Kier molecular flexibility index (Phi) is 6.77. The molecule has 0 saturated carbocycles. The van der Waals surface area contributed by atoms with Crippen LogP contribution >= 0.6 is 0 Å². The maximum absolute atomic E-state index is 13.4. The Morgan fingerprint density at radius 3 is 2.50 bits per heavy atom. The summed E-state index contributed by atoms with van der Waals surface area (Å²) in [6.07, 6.45) is 0.641. The van der Waals surface area contributed by atoms with Crippen molar-refractivity contribution in [3.8, 4) is 11.5 Å². The highest BCUT2D eigenvalue weighted by molar-refractivity contribution is 6.05. The predicted molar refractivity (Wildman–Crippen MR) is 125 cm³/mol. The SMILES string of the molecule is COc1ccc(C2=NN(C(=O)CN3CCN(C)CC3)[C@@H](c3ccccc3C)C2)c(OC)c1. The van der Waals surface area contributed by atoms with E-state index in [0.717, 1.165) is 54.3 Å². The first kappa shape index (κ1) is 22.3. The number of hydrogen-bond acceptors (Lipinski definition) is 6. The summed E-state index contributed by atoms with van der Waals surface area (Å²) in [6.45, 7) is 6.22. The first-order valence-electron chi connectivity index (χ1n) is 11.1. The number of methoxy groups -OCH3 is 2. The predicted octanol–water partition coefficient (Wildman–Crippen LogP) is 2.94. The molecule has 7 nitrogen and oxygen atoms in total. The molecule has 0 spiro atoms. The minimum atomic E-state index is -0.127. The number of ether oxygens (including phenoxy) is 2. The average molecular weight is 437 g/mol. The summed E-state index contributed by atoms with van der Waals surface area (Å²) in [4.78, 5) is 17.9. The maximum atomic E-state index is 13.4. The van der Waals surface area contributed by atoms with Gasteiger partial charge in [-0.2, -0.15) is 5.10 Å². The Balaban J connectivity index is 1.64. The van der Waals surface area contributed by atoms with E-state index in [1.165, 1.54) is 0 Å². The van der Waals surface area contributed by atoms with E-state index in [-0.39, 0.29) is 11.9 Å². The van der Waals surface area contributed by atoms with Crippen molar-refractivity contribution in [3.63, 3.8) is 0 Å². The first-order chi connectivity index (χ1) is 15.5. The van der Waals surface area contributed by atoms with E-state index in [1.54, 1.807) is 19.2 Å². The lowest BCUT2D eigenvalue weighted by molar-refractivity contribution is -0.134. The number of carbonyl (C=O) groups excluding carboxylic acids is 1. The zero-order valence-corrected chi connectivity index (χ0v) is 19.4. The summed E-state index contributed by atoms with van der Waals surface area (Å²) in [5.74, 6) is 1.45. The van der Waals surface area contributed by atoms with E-state index in [9.17, 15) is 4.79 Å². The largest absolute Gasteiger partial charge is 0.497 e. The molecule has 2 aromatic rings. The van der Waals surface area contributed by atoms with Crippen LogP contribution < -0.4 is 9.47 Å². The van der Waals surface area contributed by atoms with E-state index in [2.05, 4.69) is 35.9 Å². The molecule has 0 bridgehead atoms. The minimum Gasteiger partial charge on any atom is -0.497 e. The summed E-state index contributed by atoms with van der Waals surface area (Å²) in [5, 5.41) is 6.54. The number of nitrogens with zero attached hydrogens (tertiary/aromatic N) is 4. The zero-order valence-electron chi connectivity index (χ0n) is 19.4. The second-order valence-corrected chi connectivity index (χ2v) is 8.51. The maximum Gasteiger partial charge on any atom is 0.257 e. The highest BCUT2D eigenvalue weighted by Crippen LogP contribution is 2.37. The standard InChI is InChI=1S/C25H32N4O3/c1-18-7-5-6-8-20(18)23-16-22(21-10-9-19(31-3)15-24(21)32-4)26-29(23)25(30)17-28-13-11-27(2)12-14-28/h5-10,15,23H,11-14,16-17H2,1-4H3/t23-/m1/s1. The quantitative estimate of drug-likeness (QED) is 0.697. The lowest BCUT2D eigenvalue weighted by atomic mass is 9.95. The second kappa shape index (κ2) is 9.71. The number of likely N-dealkylation sites (N-methyl/N-ethyl adjacent to an activating group) is 1. The zero-order chi connectivity index (χ0) is 22.7. The fraction of sp³-hybridized carbons (Fsp3) is 0.440. The van der Waals surface area contributed by atoms with Crippen LogP contribution in [-0.2, 0) is 4.79 Å². The molecule has 0 aromatic heterocycles. The number of aryl methyl sites for hydroxylation is 1. The normalized spacial score (nSPS) is 19.7. The molecule has 0 unspecified atom stereocenters. The molecule has 32 heavy (non-hydrogen) atoms. The molecule has 4 rings (SSSR count). The molecule has 1 atom stereocenters. The Labute approximate surface area is 190 Å². The van der Waals surface area contributed by atoms with Crippen LogP contribution in [0.5, 0.6) is 11.5 Å². The molecule has 2 heterocycles. The van der Waals surface area contributed by atoms with Crippen LogP contribution in [0, 0.1) is 6.92 Å². The molecule has 0 aliphatic carbocycles. The van der Waals surface area contributed by atoms with Gasteiger partial charge in [0, 0.05) is 44.2 Å². The number of carbonyl (C=O) groups is 1. The molecule has 1 amide bonds. The van der Waals surface area contributed by atoms with Gasteiger partial charge < -0.3 is 14.4 Å². The molecule has 2 aliphatic heterocycles. The Hall–Kier alpha value is -2.90. The summed E-state index contributed by atoms with van der Waals surface area (Å²) >= 11 is 0. The third-order valence-electron chi connectivity index (χ3n) is 6.39. The molecule has 0 N–H and O–H groups in total. The number of rotatable bonds is 6. The van der Waals surface area contributed by atoms with Crippen LogP contribution in [-0.4, -0.2) is 80.4 Å². The van der Waals surface area contributed by atoms with Gasteiger partial charge >= 0.3 is 0 Å². The van der Waals surface area contributed by atoms with Crippen molar-refractivity contribution in [2.24, 2.45) is 5.10 Å². The Bertz CT molecular complexity index is 998. The summed E-state index contributed by atoms with van der Waals surface area (Å²) in [7, 11) is 5.39. The van der Waals surface area contributed by atoms with E-state index in [1.807, 2.05) is 30.3 Å². The Morgan fingerprint density at radius 1 is 1.06 bits per heavy atom. The lowest BCUT2D eigenvalue weighted by Crippen LogP contribution is -2.48. The van der Waals surface area contributed by atoms with Gasteiger partial charge in [-0.15, -0.1) is 0 Å². The van der Waals surface area contributed by atoms with E-state index >= 15 is 0 Å². The van der Waals surface area contributed by atoms with Crippen molar-refractivity contribution >= 4 is 11.6 Å². The monoisotopic (exact) mass is 436 g/mol. The van der Waals surface area contributed by atoms with Gasteiger partial charge in [0.1, 0.15) is 11.5 Å². The highest BCUT2D eigenvalue weighted by Gasteiger charge is 2.35. The van der Waals surface area contributed by atoms with Gasteiger partial charge in [-0.05, 0) is 37.2 Å². The highest BCUT2D eigenvalue weighted by atomic mass is 16.5. The number of hydrazone groups is 1. The molecular formula is C25H32N4O3. The van der Waals surface area contributed by atoms with Crippen molar-refractivity contribution in [3.05, 3.63) is 59.2 Å². The van der Waals surface area contributed by atoms with Crippen molar-refractivity contribution in [1.29, 1.82) is 0 Å². The molecule has 1 saturated heterocycles. The van der Waals surface area contributed by atoms with Crippen molar-refractivity contribution in [1.82, 2.24) is 14.8 Å². The first-order valence-corrected chi connectivity index (χ1v) is 11.1. The molecule has 1 fully saturated rings. The number of hydrogen-bond donors (Lipinski definition) is 0. The van der Waals surface area contributed by atoms with E-state index in [0.29, 0.717) is 18.7 Å². The van der Waals surface area contributed by atoms with Gasteiger partial charge in [0.15, 0.2) is 0 Å². The molecule has 170 valence electrons. The number of benzene rings is 2. The molecule has 7 heteroatoms. The molecule has 2 aliphatic rings. The van der Waals surface area contributed by atoms with Crippen molar-refractivity contribution < 1.29 is 14.3 Å². The van der Waals surface area contributed by atoms with Crippen LogP contribution in [0.3, 0.4) is 0 Å². The summed E-state index contributed by atoms with van der Waals surface area (Å²) in [5.41, 5.74) is 4.03. The number of piperazine rings is 1. The summed E-state index contributed by atoms with van der Waals surface area (Å²) in [6, 6.07) is 13.8. The molecular weight excluding hydrogens is 404 g/mol. The van der Waals surface area contributed by atoms with Crippen molar-refractivity contribution in [2.75, 3.05) is 54.0 Å². The third-order valence-corrected chi connectivity index (χ3v) is 6.39. The smallest absolute Gasteiger partial charge is 0.257 e. The summed E-state index contributed by atoms with van der Waals surface area (Å²) < 4.78 is 11.0. The third kappa shape index (κ3) is 4.64. The fourth-order valence-corrected chi connectivity index (χ4v) is 4.41. The van der Waals surface area contributed by atoms with Crippen LogP contribution in [0.1, 0.15) is 29.2 Å². The minimum absolute atomic E-state index is 0.0327. The van der Waals surface area contributed by atoms with Gasteiger partial charge in [-0.25, -0.2) is 5.01 Å². The van der Waals surface area contributed by atoms with Gasteiger partial charge in [-0.1, -0.05) is 24.3 Å². The fourth-order valence-electron chi connectivity index (χ4n) is 4.41. The van der Waals surface area contributed by atoms with Gasteiger partial charge in [0.05, 0.1) is 32.5 Å². The molecule has 0 radical (unpaired) electrons. The number of amides is 1.